The Morgan fingerprint density at radius 3 is 2.38 bits per heavy atom. The molecular formula is C14H28N2. The zero-order valence-electron chi connectivity index (χ0n) is 11.4. The third-order valence-corrected chi connectivity index (χ3v) is 4.90. The second kappa shape index (κ2) is 5.05. The molecule has 1 aliphatic heterocycles. The molecule has 94 valence electrons. The minimum absolute atomic E-state index is 0.741. The molecule has 5 unspecified atom stereocenters. The summed E-state index contributed by atoms with van der Waals surface area (Å²) >= 11 is 0. The highest BCUT2D eigenvalue weighted by Gasteiger charge is 2.32. The van der Waals surface area contributed by atoms with Crippen molar-refractivity contribution < 1.29 is 0 Å². The molecule has 0 aromatic heterocycles. The average molecular weight is 224 g/mol. The van der Waals surface area contributed by atoms with E-state index in [2.05, 4.69) is 38.0 Å². The highest BCUT2D eigenvalue weighted by molar-refractivity contribution is 4.90. The van der Waals surface area contributed by atoms with Crippen LogP contribution < -0.4 is 5.32 Å². The molecule has 2 heteroatoms. The maximum absolute atomic E-state index is 3.94. The third-order valence-electron chi connectivity index (χ3n) is 4.90. The number of nitrogens with one attached hydrogen (secondary N) is 1. The van der Waals surface area contributed by atoms with Crippen molar-refractivity contribution in [3.8, 4) is 0 Å². The lowest BCUT2D eigenvalue weighted by molar-refractivity contribution is 0.112. The first kappa shape index (κ1) is 12.4. The largest absolute Gasteiger partial charge is 0.311 e. The summed E-state index contributed by atoms with van der Waals surface area (Å²) in [6, 6.07) is 2.28. The zero-order chi connectivity index (χ0) is 11.7. The predicted molar refractivity (Wildman–Crippen MR) is 69.6 cm³/mol. The van der Waals surface area contributed by atoms with Crippen molar-refractivity contribution in [2.75, 3.05) is 13.6 Å². The number of rotatable bonds is 2. The van der Waals surface area contributed by atoms with Gasteiger partial charge < -0.3 is 10.2 Å². The predicted octanol–water partition coefficient (Wildman–Crippen LogP) is 2.49. The normalized spacial score (nSPS) is 46.1. The van der Waals surface area contributed by atoms with Gasteiger partial charge in [0, 0.05) is 24.7 Å². The first-order valence-electron chi connectivity index (χ1n) is 7.04. The van der Waals surface area contributed by atoms with E-state index in [0.29, 0.717) is 0 Å². The van der Waals surface area contributed by atoms with Crippen LogP contribution in [0.3, 0.4) is 0 Å². The topological polar surface area (TPSA) is 15.3 Å². The van der Waals surface area contributed by atoms with Crippen LogP contribution >= 0.6 is 0 Å². The van der Waals surface area contributed by atoms with Crippen molar-refractivity contribution in [2.45, 2.75) is 64.6 Å². The van der Waals surface area contributed by atoms with E-state index in [1.54, 1.807) is 0 Å². The number of hydrogen-bond donors (Lipinski definition) is 1. The molecule has 2 nitrogen and oxygen atoms in total. The molecule has 2 rings (SSSR count). The minimum atomic E-state index is 0.741. The van der Waals surface area contributed by atoms with Gasteiger partial charge in [-0.3, -0.25) is 0 Å². The second-order valence-corrected chi connectivity index (χ2v) is 6.29. The average Bonchev–Trinajstić information content (AvgIpc) is 2.61. The van der Waals surface area contributed by atoms with Gasteiger partial charge in [-0.05, 0) is 45.1 Å². The van der Waals surface area contributed by atoms with Crippen LogP contribution in [0.4, 0.5) is 0 Å². The van der Waals surface area contributed by atoms with E-state index < -0.39 is 0 Å². The van der Waals surface area contributed by atoms with Crippen LogP contribution in [0.15, 0.2) is 0 Å². The van der Waals surface area contributed by atoms with Crippen LogP contribution in [0.5, 0.6) is 0 Å². The molecule has 0 bridgehead atoms. The number of hydrogen-bond acceptors (Lipinski definition) is 2. The van der Waals surface area contributed by atoms with Crippen LogP contribution in [0.1, 0.15) is 46.5 Å². The lowest BCUT2D eigenvalue weighted by Gasteiger charge is -2.41. The zero-order valence-corrected chi connectivity index (χ0v) is 11.4. The monoisotopic (exact) mass is 224 g/mol. The van der Waals surface area contributed by atoms with Gasteiger partial charge in [0.15, 0.2) is 0 Å². The van der Waals surface area contributed by atoms with Gasteiger partial charge in [-0.2, -0.15) is 0 Å². The minimum Gasteiger partial charge on any atom is -0.311 e. The van der Waals surface area contributed by atoms with Gasteiger partial charge in [0.25, 0.3) is 0 Å². The highest BCUT2D eigenvalue weighted by Crippen LogP contribution is 2.28. The fourth-order valence-electron chi connectivity index (χ4n) is 3.44. The highest BCUT2D eigenvalue weighted by atomic mass is 15.2. The van der Waals surface area contributed by atoms with Crippen LogP contribution in [-0.2, 0) is 0 Å². The fraction of sp³-hybridized carbons (Fsp3) is 1.00. The van der Waals surface area contributed by atoms with E-state index in [1.807, 2.05) is 0 Å². The standard InChI is InChI=1S/C14H28N2/c1-10-6-5-7-13(10)15-14-8-12(3)16(4)9-11(14)2/h10-15H,5-9H2,1-4H3. The molecule has 5 atom stereocenters. The summed E-state index contributed by atoms with van der Waals surface area (Å²) in [6.07, 6.45) is 5.57. The van der Waals surface area contributed by atoms with Crippen molar-refractivity contribution in [1.82, 2.24) is 10.2 Å². The molecule has 2 fully saturated rings. The van der Waals surface area contributed by atoms with Gasteiger partial charge >= 0.3 is 0 Å². The molecule has 2 aliphatic rings. The molecule has 0 radical (unpaired) electrons. The fourth-order valence-corrected chi connectivity index (χ4v) is 3.44. The van der Waals surface area contributed by atoms with Crippen molar-refractivity contribution in [3.05, 3.63) is 0 Å². The lowest BCUT2D eigenvalue weighted by Crippen LogP contribution is -2.53. The van der Waals surface area contributed by atoms with Crippen LogP contribution in [-0.4, -0.2) is 36.6 Å². The van der Waals surface area contributed by atoms with Gasteiger partial charge in [0.2, 0.25) is 0 Å². The molecule has 0 spiro atoms. The Morgan fingerprint density at radius 1 is 1.00 bits per heavy atom. The van der Waals surface area contributed by atoms with E-state index in [-0.39, 0.29) is 0 Å². The quantitative estimate of drug-likeness (QED) is 0.775. The molecule has 1 aliphatic carbocycles. The van der Waals surface area contributed by atoms with Crippen LogP contribution in [0, 0.1) is 11.8 Å². The smallest absolute Gasteiger partial charge is 0.0122 e. The number of likely N-dealkylation sites (tertiary alicyclic amines) is 1. The van der Waals surface area contributed by atoms with E-state index >= 15 is 0 Å². The van der Waals surface area contributed by atoms with Crippen molar-refractivity contribution in [2.24, 2.45) is 11.8 Å². The molecular weight excluding hydrogens is 196 g/mol. The lowest BCUT2D eigenvalue weighted by atomic mass is 9.88. The molecule has 0 amide bonds. The van der Waals surface area contributed by atoms with E-state index in [0.717, 1.165) is 30.0 Å². The van der Waals surface area contributed by atoms with Crippen LogP contribution in [0.25, 0.3) is 0 Å². The summed E-state index contributed by atoms with van der Waals surface area (Å²) in [5, 5.41) is 3.94. The maximum atomic E-state index is 3.94. The van der Waals surface area contributed by atoms with Gasteiger partial charge in [0.1, 0.15) is 0 Å². The van der Waals surface area contributed by atoms with Gasteiger partial charge in [-0.15, -0.1) is 0 Å². The number of nitrogens with zero attached hydrogens (tertiary/aromatic N) is 1. The first-order chi connectivity index (χ1) is 7.58. The first-order valence-corrected chi connectivity index (χ1v) is 7.04. The third kappa shape index (κ3) is 2.60. The Kier molecular flexibility index (Phi) is 3.91. The van der Waals surface area contributed by atoms with E-state index in [1.165, 1.54) is 32.2 Å². The summed E-state index contributed by atoms with van der Waals surface area (Å²) in [4.78, 5) is 2.50. The Hall–Kier alpha value is -0.0800. The molecule has 16 heavy (non-hydrogen) atoms. The Labute approximate surface area is 101 Å². The molecule has 1 N–H and O–H groups in total. The van der Waals surface area contributed by atoms with Gasteiger partial charge in [-0.25, -0.2) is 0 Å². The number of piperidine rings is 1. The summed E-state index contributed by atoms with van der Waals surface area (Å²) in [7, 11) is 2.26. The SMILES string of the molecule is CC1CCCC1NC1CC(C)N(C)CC1C. The second-order valence-electron chi connectivity index (χ2n) is 6.29. The van der Waals surface area contributed by atoms with Crippen molar-refractivity contribution >= 4 is 0 Å². The molecule has 1 saturated heterocycles. The van der Waals surface area contributed by atoms with E-state index in [4.69, 9.17) is 0 Å². The molecule has 0 aromatic rings. The summed E-state index contributed by atoms with van der Waals surface area (Å²) in [6.45, 7) is 8.42. The summed E-state index contributed by atoms with van der Waals surface area (Å²) in [5.74, 6) is 1.69. The molecule has 0 aromatic carbocycles. The molecule has 1 saturated carbocycles. The van der Waals surface area contributed by atoms with Crippen LogP contribution in [0.2, 0.25) is 0 Å². The van der Waals surface area contributed by atoms with Crippen molar-refractivity contribution in [1.29, 1.82) is 0 Å². The molecule has 1 heterocycles. The Balaban J connectivity index is 1.89. The maximum Gasteiger partial charge on any atom is 0.0122 e. The van der Waals surface area contributed by atoms with E-state index in [9.17, 15) is 0 Å². The Morgan fingerprint density at radius 2 is 1.75 bits per heavy atom. The van der Waals surface area contributed by atoms with Gasteiger partial charge in [0.05, 0.1) is 0 Å². The summed E-state index contributed by atoms with van der Waals surface area (Å²) in [5.41, 5.74) is 0. The summed E-state index contributed by atoms with van der Waals surface area (Å²) < 4.78 is 0. The Bertz CT molecular complexity index is 229. The van der Waals surface area contributed by atoms with Gasteiger partial charge in [-0.1, -0.05) is 20.3 Å². The van der Waals surface area contributed by atoms with Crippen molar-refractivity contribution in [3.63, 3.8) is 0 Å².